The first-order chi connectivity index (χ1) is 16.6. The number of carbonyl (C=O) groups is 5. The van der Waals surface area contributed by atoms with Crippen LogP contribution in [0.5, 0.6) is 0 Å². The molecule has 1 fully saturated rings. The van der Waals surface area contributed by atoms with Gasteiger partial charge in [0.15, 0.2) is 10.8 Å². The molecule has 5 N–H and O–H groups in total. The number of nitrogens with two attached hydrogens (primary N) is 1. The first-order valence-corrected chi connectivity index (χ1v) is 12.2. The van der Waals surface area contributed by atoms with Crippen molar-refractivity contribution in [3.8, 4) is 0 Å². The van der Waals surface area contributed by atoms with Gasteiger partial charge in [-0.3, -0.25) is 14.5 Å². The fraction of sp³-hybridized carbons (Fsp3) is 0.278. The molecule has 0 spiro atoms. The number of hydrogen-bond donors (Lipinski definition) is 4. The Morgan fingerprint density at radius 2 is 2.14 bits per heavy atom. The van der Waals surface area contributed by atoms with E-state index >= 15 is 0 Å². The molecule has 0 saturated carbocycles. The molecule has 3 rings (SSSR count). The predicted molar refractivity (Wildman–Crippen MR) is 125 cm³/mol. The second-order valence-corrected chi connectivity index (χ2v) is 9.56. The van der Waals surface area contributed by atoms with E-state index in [2.05, 4.69) is 25.0 Å². The fourth-order valence-corrected chi connectivity index (χ4v) is 5.74. The first kappa shape index (κ1) is 26.0. The molecule has 2 atom stereocenters. The zero-order chi connectivity index (χ0) is 25.7. The molecule has 0 aliphatic carbocycles. The summed E-state index contributed by atoms with van der Waals surface area (Å²) in [4.78, 5) is 69.4. The van der Waals surface area contributed by atoms with Crippen LogP contribution in [0.25, 0.3) is 0 Å². The number of carbonyl (C=O) groups excluding carboxylic acids is 3. The Morgan fingerprint density at radius 3 is 2.74 bits per heavy atom. The number of thiazole rings is 1. The lowest BCUT2D eigenvalue weighted by atomic mass is 10.0. The summed E-state index contributed by atoms with van der Waals surface area (Å²) < 4.78 is 4.48. The number of rotatable bonds is 10. The van der Waals surface area contributed by atoms with Crippen molar-refractivity contribution >= 4 is 75.4 Å². The average molecular weight is 544 g/mol. The number of thioether (sulfide) groups is 2. The average Bonchev–Trinajstić information content (AvgIpc) is 3.24. The lowest BCUT2D eigenvalue weighted by molar-refractivity contribution is -0.150. The summed E-state index contributed by atoms with van der Waals surface area (Å²) in [6.07, 6.45) is 1.12. The summed E-state index contributed by atoms with van der Waals surface area (Å²) in [5.41, 5.74) is 4.94. The quantitative estimate of drug-likeness (QED) is 0.0978. The zero-order valence-corrected chi connectivity index (χ0v) is 20.1. The minimum atomic E-state index is -1.34. The number of oxime groups is 1. The number of ether oxygens (including phenoxy) is 1. The molecule has 35 heavy (non-hydrogen) atoms. The summed E-state index contributed by atoms with van der Waals surface area (Å²) in [7, 11) is 1.20. The molecule has 0 unspecified atom stereocenters. The molecule has 2 aliphatic rings. The molecule has 2 aliphatic heterocycles. The molecule has 17 heteroatoms. The van der Waals surface area contributed by atoms with Gasteiger partial charge in [0, 0.05) is 22.1 Å². The maximum Gasteiger partial charge on any atom is 0.353 e. The van der Waals surface area contributed by atoms with Crippen LogP contribution in [0.2, 0.25) is 0 Å². The van der Waals surface area contributed by atoms with Gasteiger partial charge < -0.3 is 30.8 Å². The van der Waals surface area contributed by atoms with Crippen molar-refractivity contribution in [2.45, 2.75) is 11.4 Å². The summed E-state index contributed by atoms with van der Waals surface area (Å²) >= 11 is 3.18. The highest BCUT2D eigenvalue weighted by Gasteiger charge is 2.54. The van der Waals surface area contributed by atoms with E-state index in [9.17, 15) is 29.1 Å². The number of carboxylic acids is 2. The van der Waals surface area contributed by atoms with Gasteiger partial charge in [-0.1, -0.05) is 16.9 Å². The second kappa shape index (κ2) is 11.2. The SMILES string of the molecule is COC(=O)/C=C\SC1=C(C(=O)O)N2C(=O)[C@@H](NC(=O)/C(=N\OCC(=O)O)c3csc(N)n3)[C@@H]2SC1. The number of fused-ring (bicyclic) bond motifs is 1. The van der Waals surface area contributed by atoms with Crippen molar-refractivity contribution < 1.29 is 43.8 Å². The molecule has 1 saturated heterocycles. The highest BCUT2D eigenvalue weighted by Crippen LogP contribution is 2.43. The first-order valence-electron chi connectivity index (χ1n) is 9.40. The van der Waals surface area contributed by atoms with Crippen LogP contribution in [0.3, 0.4) is 0 Å². The van der Waals surface area contributed by atoms with Gasteiger partial charge in [0.25, 0.3) is 11.8 Å². The van der Waals surface area contributed by atoms with Gasteiger partial charge in [-0.25, -0.2) is 19.4 Å². The lowest BCUT2D eigenvalue weighted by Crippen LogP contribution is -2.71. The Labute approximate surface area is 209 Å². The Hall–Kier alpha value is -3.57. The van der Waals surface area contributed by atoms with Gasteiger partial charge in [-0.2, -0.15) is 0 Å². The van der Waals surface area contributed by atoms with Crippen LogP contribution >= 0.6 is 34.9 Å². The van der Waals surface area contributed by atoms with Gasteiger partial charge in [0.05, 0.1) is 7.11 Å². The maximum absolute atomic E-state index is 12.9. The van der Waals surface area contributed by atoms with Gasteiger partial charge in [-0.05, 0) is 5.41 Å². The van der Waals surface area contributed by atoms with Crippen molar-refractivity contribution in [1.82, 2.24) is 15.2 Å². The number of anilines is 1. The molecule has 0 radical (unpaired) electrons. The van der Waals surface area contributed by atoms with E-state index in [1.54, 1.807) is 0 Å². The minimum Gasteiger partial charge on any atom is -0.479 e. The van der Waals surface area contributed by atoms with Crippen LogP contribution in [0.4, 0.5) is 5.13 Å². The predicted octanol–water partition coefficient (Wildman–Crippen LogP) is -0.353. The standard InChI is InChI=1S/C18H17N5O9S3/c1-31-10(26)2-3-33-8-6-34-16-12(15(28)23(16)13(8)17(29)30)21-14(27)11(22-32-4-9(24)25)7-5-35-18(19)20-7/h2-3,5,12,16H,4,6H2,1H3,(H2,19,20)(H,21,27)(H,24,25)(H,29,30)/b3-2-,22-11-/t12-,16+/m1/s1. The smallest absolute Gasteiger partial charge is 0.353 e. The maximum atomic E-state index is 12.9. The van der Waals surface area contributed by atoms with Crippen molar-refractivity contribution in [3.63, 3.8) is 0 Å². The molecule has 1 aromatic heterocycles. The Bertz CT molecular complexity index is 1160. The van der Waals surface area contributed by atoms with Crippen LogP contribution in [-0.4, -0.2) is 86.4 Å². The Kier molecular flexibility index (Phi) is 8.36. The molecule has 14 nitrogen and oxygen atoms in total. The van der Waals surface area contributed by atoms with E-state index in [1.807, 2.05) is 0 Å². The number of aromatic nitrogens is 1. The Balaban J connectivity index is 1.77. The molecule has 0 bridgehead atoms. The van der Waals surface area contributed by atoms with Crippen LogP contribution < -0.4 is 11.1 Å². The normalized spacial score (nSPS) is 19.7. The summed E-state index contributed by atoms with van der Waals surface area (Å²) in [6, 6.07) is -1.08. The fourth-order valence-electron chi connectivity index (χ4n) is 2.88. The molecule has 1 aromatic rings. The van der Waals surface area contributed by atoms with Crippen LogP contribution in [0, 0.1) is 0 Å². The number of methoxy groups -OCH3 is 1. The van der Waals surface area contributed by atoms with Crippen LogP contribution in [0.15, 0.2) is 32.6 Å². The number of carboxylic acid groups (broad SMARTS) is 2. The number of nitrogens with zero attached hydrogens (tertiary/aromatic N) is 3. The third-order valence-corrected chi connectivity index (χ3v) is 7.39. The number of aliphatic carboxylic acids is 2. The van der Waals surface area contributed by atoms with Crippen LogP contribution in [0.1, 0.15) is 5.69 Å². The zero-order valence-electron chi connectivity index (χ0n) is 17.7. The van der Waals surface area contributed by atoms with Gasteiger partial charge >= 0.3 is 17.9 Å². The molecular formula is C18H17N5O9S3. The topological polar surface area (TPSA) is 211 Å². The van der Waals surface area contributed by atoms with Crippen molar-refractivity contribution in [3.05, 3.63) is 33.2 Å². The number of nitrogen functional groups attached to an aromatic ring is 1. The number of nitrogens with one attached hydrogen (secondary N) is 1. The number of hydrogen-bond acceptors (Lipinski definition) is 13. The third-order valence-electron chi connectivity index (χ3n) is 4.36. The van der Waals surface area contributed by atoms with Crippen molar-refractivity contribution in [2.24, 2.45) is 5.16 Å². The van der Waals surface area contributed by atoms with Crippen molar-refractivity contribution in [1.29, 1.82) is 0 Å². The second-order valence-electron chi connectivity index (χ2n) is 6.56. The van der Waals surface area contributed by atoms with Gasteiger partial charge in [-0.15, -0.1) is 23.1 Å². The van der Waals surface area contributed by atoms with E-state index in [-0.39, 0.29) is 22.3 Å². The lowest BCUT2D eigenvalue weighted by Gasteiger charge is -2.49. The van der Waals surface area contributed by atoms with E-state index in [0.717, 1.165) is 34.1 Å². The van der Waals surface area contributed by atoms with E-state index in [4.69, 9.17) is 10.8 Å². The molecular weight excluding hydrogens is 526 g/mol. The molecule has 3 heterocycles. The molecule has 186 valence electrons. The largest absolute Gasteiger partial charge is 0.479 e. The highest BCUT2D eigenvalue weighted by molar-refractivity contribution is 8.08. The number of amides is 2. The van der Waals surface area contributed by atoms with E-state index < -0.39 is 53.5 Å². The Morgan fingerprint density at radius 1 is 1.40 bits per heavy atom. The number of esters is 1. The third kappa shape index (κ3) is 5.92. The summed E-state index contributed by atoms with van der Waals surface area (Å²) in [5, 5.41) is 26.5. The monoisotopic (exact) mass is 543 g/mol. The van der Waals surface area contributed by atoms with Crippen LogP contribution in [-0.2, 0) is 33.5 Å². The van der Waals surface area contributed by atoms with Crippen molar-refractivity contribution in [2.75, 3.05) is 25.2 Å². The van der Waals surface area contributed by atoms with Gasteiger partial charge in [0.2, 0.25) is 6.61 Å². The van der Waals surface area contributed by atoms with Gasteiger partial charge in [0.1, 0.15) is 22.8 Å². The number of β-lactam (4-membered cyclic amide) rings is 1. The summed E-state index contributed by atoms with van der Waals surface area (Å²) in [6.45, 7) is -0.817. The summed E-state index contributed by atoms with van der Waals surface area (Å²) in [5.74, 6) is -4.65. The van der Waals surface area contributed by atoms with E-state index in [1.165, 1.54) is 29.7 Å². The minimum absolute atomic E-state index is 0.0116. The molecule has 2 amide bonds. The highest BCUT2D eigenvalue weighted by atomic mass is 32.2. The molecule has 0 aromatic carbocycles. The van der Waals surface area contributed by atoms with E-state index in [0.29, 0.717) is 4.91 Å².